The topological polar surface area (TPSA) is 9.23 Å². The molecule has 0 saturated heterocycles. The highest BCUT2D eigenvalue weighted by Gasteiger charge is 2.14. The van der Waals surface area contributed by atoms with Crippen molar-refractivity contribution in [1.29, 1.82) is 0 Å². The molecule has 110 valence electrons. The number of hydrogen-bond acceptors (Lipinski definition) is 1. The maximum Gasteiger partial charge on any atom is 0.122 e. The number of hydrogen-bond donors (Lipinski definition) is 0. The van der Waals surface area contributed by atoms with Crippen LogP contribution in [0.2, 0.25) is 0 Å². The van der Waals surface area contributed by atoms with Gasteiger partial charge in [-0.15, -0.1) is 12.3 Å². The molecule has 0 aliphatic carbocycles. The van der Waals surface area contributed by atoms with Crippen LogP contribution < -0.4 is 4.74 Å². The van der Waals surface area contributed by atoms with Gasteiger partial charge in [-0.25, -0.2) is 0 Å². The monoisotopic (exact) mass is 272 g/mol. The largest absolute Gasteiger partial charge is 0.493 e. The highest BCUT2D eigenvalue weighted by molar-refractivity contribution is 5.40. The van der Waals surface area contributed by atoms with E-state index in [9.17, 15) is 0 Å². The Hall–Kier alpha value is -1.42. The zero-order valence-corrected chi connectivity index (χ0v) is 13.6. The predicted octanol–water partition coefficient (Wildman–Crippen LogP) is 5.36. The number of rotatable bonds is 7. The summed E-state index contributed by atoms with van der Waals surface area (Å²) in [5.74, 6) is 5.27. The third-order valence-corrected chi connectivity index (χ3v) is 3.56. The minimum atomic E-state index is 0.455. The average Bonchev–Trinajstić information content (AvgIpc) is 2.42. The molecule has 1 aromatic carbocycles. The zero-order chi connectivity index (χ0) is 15.1. The molecule has 0 aliphatic rings. The molecule has 0 saturated carbocycles. The molecule has 0 spiro atoms. The van der Waals surface area contributed by atoms with Crippen LogP contribution in [0.25, 0.3) is 0 Å². The minimum Gasteiger partial charge on any atom is -0.493 e. The van der Waals surface area contributed by atoms with Gasteiger partial charge in [0.25, 0.3) is 0 Å². The second kappa shape index (κ2) is 8.00. The molecule has 1 atom stereocenters. The van der Waals surface area contributed by atoms with Gasteiger partial charge in [0.2, 0.25) is 0 Å². The van der Waals surface area contributed by atoms with Crippen molar-refractivity contribution >= 4 is 0 Å². The lowest BCUT2D eigenvalue weighted by Gasteiger charge is -2.19. The van der Waals surface area contributed by atoms with Crippen LogP contribution in [0.3, 0.4) is 0 Å². The third-order valence-electron chi connectivity index (χ3n) is 3.56. The minimum absolute atomic E-state index is 0.455. The molecule has 0 N–H and O–H groups in total. The summed E-state index contributed by atoms with van der Waals surface area (Å²) in [4.78, 5) is 0. The van der Waals surface area contributed by atoms with Crippen LogP contribution in [0.5, 0.6) is 5.75 Å². The van der Waals surface area contributed by atoms with E-state index in [0.29, 0.717) is 17.8 Å². The van der Waals surface area contributed by atoms with E-state index in [1.54, 1.807) is 0 Å². The van der Waals surface area contributed by atoms with Crippen molar-refractivity contribution in [2.45, 2.75) is 59.3 Å². The Balaban J connectivity index is 3.03. The van der Waals surface area contributed by atoms with Gasteiger partial charge >= 0.3 is 0 Å². The van der Waals surface area contributed by atoms with Crippen molar-refractivity contribution in [1.82, 2.24) is 0 Å². The molecule has 1 nitrogen and oxygen atoms in total. The maximum atomic E-state index is 5.95. The van der Waals surface area contributed by atoms with E-state index in [2.05, 4.69) is 58.7 Å². The van der Waals surface area contributed by atoms with Crippen molar-refractivity contribution < 1.29 is 4.74 Å². The molecular formula is C19H28O. The van der Waals surface area contributed by atoms with E-state index in [4.69, 9.17) is 11.2 Å². The van der Waals surface area contributed by atoms with Crippen molar-refractivity contribution in [3.8, 4) is 18.1 Å². The Morgan fingerprint density at radius 3 is 2.40 bits per heavy atom. The smallest absolute Gasteiger partial charge is 0.122 e. The number of benzene rings is 1. The first-order valence-electron chi connectivity index (χ1n) is 7.69. The van der Waals surface area contributed by atoms with Crippen LogP contribution in [-0.2, 0) is 0 Å². The number of ether oxygens (including phenoxy) is 1. The lowest BCUT2D eigenvalue weighted by Crippen LogP contribution is -2.08. The highest BCUT2D eigenvalue weighted by Crippen LogP contribution is 2.32. The maximum absolute atomic E-state index is 5.95. The molecular weight excluding hydrogens is 244 g/mol. The zero-order valence-electron chi connectivity index (χ0n) is 13.6. The summed E-state index contributed by atoms with van der Waals surface area (Å²) < 4.78 is 5.95. The lowest BCUT2D eigenvalue weighted by molar-refractivity contribution is 0.267. The molecule has 20 heavy (non-hydrogen) atoms. The van der Waals surface area contributed by atoms with Crippen LogP contribution in [0.15, 0.2) is 18.2 Å². The van der Waals surface area contributed by atoms with Crippen LogP contribution in [0.1, 0.15) is 70.4 Å². The summed E-state index contributed by atoms with van der Waals surface area (Å²) >= 11 is 0. The molecule has 0 aliphatic heterocycles. The fourth-order valence-corrected chi connectivity index (χ4v) is 2.30. The van der Waals surface area contributed by atoms with Crippen LogP contribution in [-0.4, -0.2) is 6.61 Å². The Labute approximate surface area is 124 Å². The fraction of sp³-hybridized carbons (Fsp3) is 0.579. The van der Waals surface area contributed by atoms with Crippen LogP contribution >= 0.6 is 0 Å². The van der Waals surface area contributed by atoms with Crippen molar-refractivity contribution in [3.63, 3.8) is 0 Å². The molecule has 1 heteroatoms. The van der Waals surface area contributed by atoms with E-state index in [-0.39, 0.29) is 0 Å². The molecule has 0 radical (unpaired) electrons. The van der Waals surface area contributed by atoms with Gasteiger partial charge in [-0.3, -0.25) is 0 Å². The first kappa shape index (κ1) is 16.6. The molecule has 0 aromatic heterocycles. The van der Waals surface area contributed by atoms with Gasteiger partial charge in [-0.2, -0.15) is 0 Å². The molecule has 0 fully saturated rings. The standard InChI is InChI=1S/C19H28O/c1-7-9-16(8-2)17-10-11-19(20-13-14(3)4)18(12-17)15(5)6/h1,10-12,14-16H,8-9,13H2,2-6H3. The summed E-state index contributed by atoms with van der Waals surface area (Å²) in [5.41, 5.74) is 2.63. The highest BCUT2D eigenvalue weighted by atomic mass is 16.5. The van der Waals surface area contributed by atoms with Gasteiger partial charge in [-0.05, 0) is 41.4 Å². The van der Waals surface area contributed by atoms with E-state index in [1.165, 1.54) is 11.1 Å². The van der Waals surface area contributed by atoms with E-state index in [1.807, 2.05) is 0 Å². The Morgan fingerprint density at radius 2 is 1.90 bits per heavy atom. The van der Waals surface area contributed by atoms with Gasteiger partial charge in [0.1, 0.15) is 5.75 Å². The van der Waals surface area contributed by atoms with Gasteiger partial charge in [-0.1, -0.05) is 46.8 Å². The van der Waals surface area contributed by atoms with Crippen molar-refractivity contribution in [2.75, 3.05) is 6.61 Å². The van der Waals surface area contributed by atoms with Gasteiger partial charge in [0.15, 0.2) is 0 Å². The first-order valence-corrected chi connectivity index (χ1v) is 7.69. The molecule has 0 amide bonds. The fourth-order valence-electron chi connectivity index (χ4n) is 2.30. The van der Waals surface area contributed by atoms with Gasteiger partial charge in [0, 0.05) is 6.42 Å². The Kier molecular flexibility index (Phi) is 6.65. The Bertz CT molecular complexity index is 451. The third kappa shape index (κ3) is 4.60. The average molecular weight is 272 g/mol. The summed E-state index contributed by atoms with van der Waals surface area (Å²) in [7, 11) is 0. The van der Waals surface area contributed by atoms with E-state index in [0.717, 1.165) is 25.2 Å². The number of terminal acetylenes is 1. The lowest BCUT2D eigenvalue weighted by atomic mass is 9.90. The van der Waals surface area contributed by atoms with Gasteiger partial charge in [0.05, 0.1) is 6.61 Å². The molecule has 1 rings (SSSR count). The molecule has 0 heterocycles. The van der Waals surface area contributed by atoms with Crippen molar-refractivity contribution in [3.05, 3.63) is 29.3 Å². The summed E-state index contributed by atoms with van der Waals surface area (Å²) in [6.07, 6.45) is 7.36. The molecule has 0 bridgehead atoms. The van der Waals surface area contributed by atoms with E-state index >= 15 is 0 Å². The molecule has 1 unspecified atom stereocenters. The summed E-state index contributed by atoms with van der Waals surface area (Å²) in [6, 6.07) is 6.57. The SMILES string of the molecule is C#CCC(CC)c1ccc(OCC(C)C)c(C(C)C)c1. The quantitative estimate of drug-likeness (QED) is 0.607. The van der Waals surface area contributed by atoms with Crippen molar-refractivity contribution in [2.24, 2.45) is 5.92 Å². The second-order valence-electron chi connectivity index (χ2n) is 6.17. The van der Waals surface area contributed by atoms with Crippen LogP contribution in [0.4, 0.5) is 0 Å². The molecule has 1 aromatic rings. The normalized spacial score (nSPS) is 12.5. The second-order valence-corrected chi connectivity index (χ2v) is 6.17. The first-order chi connectivity index (χ1) is 9.49. The van der Waals surface area contributed by atoms with Crippen LogP contribution in [0, 0.1) is 18.3 Å². The predicted molar refractivity (Wildman–Crippen MR) is 87.3 cm³/mol. The van der Waals surface area contributed by atoms with Gasteiger partial charge < -0.3 is 4.74 Å². The Morgan fingerprint density at radius 1 is 1.20 bits per heavy atom. The van der Waals surface area contributed by atoms with E-state index < -0.39 is 0 Å². The summed E-state index contributed by atoms with van der Waals surface area (Å²) in [6.45, 7) is 11.7. The summed E-state index contributed by atoms with van der Waals surface area (Å²) in [5, 5.41) is 0.